The molecule has 7 aromatic rings. The van der Waals surface area contributed by atoms with Gasteiger partial charge in [0.25, 0.3) is 6.71 Å². The van der Waals surface area contributed by atoms with E-state index in [1.807, 2.05) is 0 Å². The van der Waals surface area contributed by atoms with Crippen LogP contribution in [0.1, 0.15) is 175 Å². The third-order valence-corrected chi connectivity index (χ3v) is 19.3. The Morgan fingerprint density at radius 1 is 0.493 bits per heavy atom. The maximum absolute atomic E-state index is 2.77. The highest BCUT2D eigenvalue weighted by molar-refractivity contribution is 7.33. The molecule has 1 saturated carbocycles. The van der Waals surface area contributed by atoms with Gasteiger partial charge in [-0.25, -0.2) is 0 Å². The summed E-state index contributed by atoms with van der Waals surface area (Å²) in [7, 11) is 0. The summed E-state index contributed by atoms with van der Waals surface area (Å²) in [4.78, 5) is 5.46. The second-order valence-electron chi connectivity index (χ2n) is 27.2. The summed E-state index contributed by atoms with van der Waals surface area (Å²) >= 11 is 2.09. The Balaban J connectivity index is 1.25. The number of fused-ring (bicyclic) bond motifs is 12. The van der Waals surface area contributed by atoms with Gasteiger partial charge in [0.2, 0.25) is 0 Å². The number of nitrogens with zero attached hydrogens (tertiary/aromatic N) is 2. The highest BCUT2D eigenvalue weighted by atomic mass is 32.1. The predicted molar refractivity (Wildman–Crippen MR) is 301 cm³/mol. The van der Waals surface area contributed by atoms with E-state index in [1.54, 1.807) is 11.1 Å². The molecule has 1 aromatic heterocycles. The van der Waals surface area contributed by atoms with Gasteiger partial charge in [-0.1, -0.05) is 158 Å². The van der Waals surface area contributed by atoms with Crippen molar-refractivity contribution in [2.45, 2.75) is 174 Å². The van der Waals surface area contributed by atoms with Gasteiger partial charge in [-0.3, -0.25) is 0 Å². The van der Waals surface area contributed by atoms with Gasteiger partial charge in [0, 0.05) is 43.2 Å². The van der Waals surface area contributed by atoms with Crippen LogP contribution in [-0.4, -0.2) is 6.71 Å². The van der Waals surface area contributed by atoms with Gasteiger partial charge in [0.05, 0.1) is 11.4 Å². The van der Waals surface area contributed by atoms with Crippen molar-refractivity contribution in [3.05, 3.63) is 148 Å². The van der Waals surface area contributed by atoms with Crippen LogP contribution in [0.15, 0.2) is 109 Å². The zero-order chi connectivity index (χ0) is 48.7. The smallest absolute Gasteiger partial charge is 0.264 e. The summed E-state index contributed by atoms with van der Waals surface area (Å²) < 4.78 is 2.91. The van der Waals surface area contributed by atoms with Crippen LogP contribution >= 0.6 is 11.3 Å². The van der Waals surface area contributed by atoms with E-state index in [2.05, 4.69) is 234 Å². The van der Waals surface area contributed by atoms with Crippen LogP contribution in [0, 0.1) is 0 Å². The van der Waals surface area contributed by atoms with Gasteiger partial charge in [0.15, 0.2) is 0 Å². The first-order chi connectivity index (χ1) is 32.3. The fourth-order valence-electron chi connectivity index (χ4n) is 13.8. The SMILES string of the molecule is CC(C)(C)c1ccc(N2c3cc4c(cc3B3c5sc6cc7c(cc6c5N(c5ccc(C(C)(C)C)cc5-c5ccccc5)c5cc(C(C)(C)C)cc2c53)C2(C)CCC7(C)C2)C(C)(C)CCC4(C)C)cc1. The van der Waals surface area contributed by atoms with E-state index in [1.165, 1.54) is 131 Å². The van der Waals surface area contributed by atoms with Crippen molar-refractivity contribution in [2.75, 3.05) is 9.80 Å². The largest absolute Gasteiger partial charge is 0.311 e. The standard InChI is InChI=1S/C65H73BN2S/c1-59(2,3)40-21-24-43(25-22-40)67-52-36-47-46(62(10,11)27-28-63(47,12)13)35-50(52)66-56-53(67)32-42(61(7,8)9)33-54(56)68(51-26-23-41(60(4,5)6)31-44(51)39-19-17-16-18-20-39)57-45-34-48-49(37-55(45)69-58(57)66)65(15)30-29-64(48,14)38-65/h16-26,31-37H,27-30,38H2,1-15H3. The van der Waals surface area contributed by atoms with Gasteiger partial charge in [0.1, 0.15) is 0 Å². The molecular formula is C65H73BN2S. The quantitative estimate of drug-likeness (QED) is 0.163. The molecule has 1 fully saturated rings. The van der Waals surface area contributed by atoms with Crippen LogP contribution in [0.25, 0.3) is 21.2 Å². The first-order valence-electron chi connectivity index (χ1n) is 26.2. The lowest BCUT2D eigenvalue weighted by atomic mass is 9.35. The third-order valence-electron chi connectivity index (χ3n) is 18.1. The van der Waals surface area contributed by atoms with Gasteiger partial charge >= 0.3 is 0 Å². The molecular weight excluding hydrogens is 852 g/mol. The first kappa shape index (κ1) is 45.1. The summed E-state index contributed by atoms with van der Waals surface area (Å²) in [5.41, 5.74) is 24.0. The molecule has 2 bridgehead atoms. The number of anilines is 6. The van der Waals surface area contributed by atoms with Gasteiger partial charge in [-0.2, -0.15) is 0 Å². The van der Waals surface area contributed by atoms with Crippen molar-refractivity contribution in [2.24, 2.45) is 0 Å². The second-order valence-corrected chi connectivity index (χ2v) is 28.2. The number of benzene rings is 6. The maximum Gasteiger partial charge on any atom is 0.264 e. The Bertz CT molecular complexity index is 3290. The fraction of sp³-hybridized carbons (Fsp3) is 0.415. The average Bonchev–Trinajstić information content (AvgIpc) is 3.90. The molecule has 2 atom stereocenters. The molecule has 3 heterocycles. The molecule has 2 aliphatic heterocycles. The highest BCUT2D eigenvalue weighted by Crippen LogP contribution is 2.62. The van der Waals surface area contributed by atoms with Crippen molar-refractivity contribution in [1.82, 2.24) is 0 Å². The third kappa shape index (κ3) is 6.62. The number of hydrogen-bond acceptors (Lipinski definition) is 3. The van der Waals surface area contributed by atoms with Crippen molar-refractivity contribution in [3.63, 3.8) is 0 Å². The summed E-state index contributed by atoms with van der Waals surface area (Å²) in [6, 6.07) is 44.2. The Kier molecular flexibility index (Phi) is 9.35. The number of thiophene rings is 1. The fourth-order valence-corrected chi connectivity index (χ4v) is 15.1. The van der Waals surface area contributed by atoms with Crippen molar-refractivity contribution in [1.29, 1.82) is 0 Å². The van der Waals surface area contributed by atoms with E-state index < -0.39 is 0 Å². The molecule has 352 valence electrons. The molecule has 2 unspecified atom stereocenters. The van der Waals surface area contributed by atoms with Gasteiger partial charge < -0.3 is 9.80 Å². The van der Waals surface area contributed by atoms with E-state index in [-0.39, 0.29) is 44.6 Å². The normalized spacial score (nSPS) is 21.8. The molecule has 69 heavy (non-hydrogen) atoms. The molecule has 0 N–H and O–H groups in total. The summed E-state index contributed by atoms with van der Waals surface area (Å²) in [5.74, 6) is 0. The average molecular weight is 925 g/mol. The van der Waals surface area contributed by atoms with Crippen molar-refractivity contribution >= 4 is 78.0 Å². The van der Waals surface area contributed by atoms with E-state index in [0.717, 1.165) is 0 Å². The van der Waals surface area contributed by atoms with E-state index in [0.29, 0.717) is 0 Å². The first-order valence-corrected chi connectivity index (χ1v) is 27.0. The van der Waals surface area contributed by atoms with Crippen LogP contribution < -0.4 is 25.5 Å². The minimum absolute atomic E-state index is 0.0136. The van der Waals surface area contributed by atoms with Crippen LogP contribution in [-0.2, 0) is 37.9 Å². The van der Waals surface area contributed by atoms with Crippen LogP contribution in [0.5, 0.6) is 0 Å². The topological polar surface area (TPSA) is 6.48 Å². The predicted octanol–water partition coefficient (Wildman–Crippen LogP) is 16.6. The minimum atomic E-state index is -0.115. The number of rotatable bonds is 3. The molecule has 12 rings (SSSR count). The summed E-state index contributed by atoms with van der Waals surface area (Å²) in [5, 5.41) is 1.42. The zero-order valence-corrected chi connectivity index (χ0v) is 45.1. The zero-order valence-electron chi connectivity index (χ0n) is 44.3. The van der Waals surface area contributed by atoms with Crippen molar-refractivity contribution in [3.8, 4) is 11.1 Å². The lowest BCUT2D eigenvalue weighted by Crippen LogP contribution is -2.61. The van der Waals surface area contributed by atoms with Crippen LogP contribution in [0.4, 0.5) is 34.1 Å². The lowest BCUT2D eigenvalue weighted by Gasteiger charge is -2.47. The Labute approximate surface area is 418 Å². The summed E-state index contributed by atoms with van der Waals surface area (Å²) in [6.07, 6.45) is 6.17. The maximum atomic E-state index is 2.77. The lowest BCUT2D eigenvalue weighted by molar-refractivity contribution is 0.332. The van der Waals surface area contributed by atoms with E-state index in [9.17, 15) is 0 Å². The van der Waals surface area contributed by atoms with Crippen LogP contribution in [0.3, 0.4) is 0 Å². The Morgan fingerprint density at radius 2 is 1.06 bits per heavy atom. The summed E-state index contributed by atoms with van der Waals surface area (Å²) in [6.45, 7) is 36.5. The molecule has 0 saturated heterocycles. The molecule has 6 aromatic carbocycles. The number of hydrogen-bond donors (Lipinski definition) is 0. The van der Waals surface area contributed by atoms with Gasteiger partial charge in [-0.15, -0.1) is 11.3 Å². The Morgan fingerprint density at radius 3 is 1.67 bits per heavy atom. The van der Waals surface area contributed by atoms with Crippen LogP contribution in [0.2, 0.25) is 0 Å². The molecule has 2 nitrogen and oxygen atoms in total. The highest BCUT2D eigenvalue weighted by Gasteiger charge is 2.54. The molecule has 3 aliphatic carbocycles. The molecule has 0 radical (unpaired) electrons. The Hall–Kier alpha value is -5.06. The monoisotopic (exact) mass is 925 g/mol. The minimum Gasteiger partial charge on any atom is -0.311 e. The molecule has 5 aliphatic rings. The van der Waals surface area contributed by atoms with Gasteiger partial charge in [-0.05, 0) is 180 Å². The molecule has 0 spiro atoms. The van der Waals surface area contributed by atoms with E-state index in [4.69, 9.17) is 0 Å². The van der Waals surface area contributed by atoms with Crippen molar-refractivity contribution < 1.29 is 0 Å². The second kappa shape index (κ2) is 14.3. The van der Waals surface area contributed by atoms with E-state index >= 15 is 0 Å². The molecule has 0 amide bonds. The molecule has 4 heteroatoms.